The van der Waals surface area contributed by atoms with Gasteiger partial charge in [-0.3, -0.25) is 9.78 Å². The van der Waals surface area contributed by atoms with Crippen LogP contribution in [0, 0.1) is 0 Å². The van der Waals surface area contributed by atoms with E-state index in [4.69, 9.17) is 0 Å². The minimum absolute atomic E-state index is 0.169. The summed E-state index contributed by atoms with van der Waals surface area (Å²) in [5.41, 5.74) is 1.17. The Morgan fingerprint density at radius 1 is 1.23 bits per heavy atom. The van der Waals surface area contributed by atoms with Gasteiger partial charge in [-0.25, -0.2) is 9.97 Å². The van der Waals surface area contributed by atoms with Crippen LogP contribution < -0.4 is 5.32 Å². The molecular weight excluding hydrogens is 278 g/mol. The highest BCUT2D eigenvalue weighted by atomic mass is 16.2. The van der Waals surface area contributed by atoms with Crippen molar-refractivity contribution in [2.75, 3.05) is 18.4 Å². The summed E-state index contributed by atoms with van der Waals surface area (Å²) in [4.78, 5) is 26.6. The Kier molecular flexibility index (Phi) is 4.58. The molecule has 0 unspecified atom stereocenters. The maximum atomic E-state index is 12.4. The van der Waals surface area contributed by atoms with E-state index in [1.54, 1.807) is 30.9 Å². The molecule has 2 aromatic rings. The maximum absolute atomic E-state index is 12.4. The highest BCUT2D eigenvalue weighted by molar-refractivity contribution is 5.77. The summed E-state index contributed by atoms with van der Waals surface area (Å²) in [5.74, 6) is 0.727. The van der Waals surface area contributed by atoms with Gasteiger partial charge in [0.25, 0.3) is 0 Å². The van der Waals surface area contributed by atoms with Crippen LogP contribution in [0.15, 0.2) is 43.0 Å². The summed E-state index contributed by atoms with van der Waals surface area (Å²) in [6.07, 6.45) is 9.43. The number of rotatable bonds is 5. The zero-order chi connectivity index (χ0) is 15.2. The van der Waals surface area contributed by atoms with E-state index in [-0.39, 0.29) is 11.9 Å². The quantitative estimate of drug-likeness (QED) is 0.914. The van der Waals surface area contributed by atoms with Crippen LogP contribution in [0.5, 0.6) is 0 Å². The molecule has 1 N–H and O–H groups in total. The van der Waals surface area contributed by atoms with Crippen molar-refractivity contribution >= 4 is 11.9 Å². The molecule has 6 heteroatoms. The summed E-state index contributed by atoms with van der Waals surface area (Å²) in [6.45, 7) is 1.37. The fourth-order valence-electron chi connectivity index (χ4n) is 2.81. The van der Waals surface area contributed by atoms with Gasteiger partial charge in [0.15, 0.2) is 0 Å². The first-order valence-corrected chi connectivity index (χ1v) is 7.55. The van der Waals surface area contributed by atoms with Crippen molar-refractivity contribution in [2.24, 2.45) is 0 Å². The molecule has 114 valence electrons. The molecule has 6 nitrogen and oxygen atoms in total. The Hall–Kier alpha value is -2.50. The molecule has 0 bridgehead atoms. The predicted molar refractivity (Wildman–Crippen MR) is 83.1 cm³/mol. The molecule has 0 spiro atoms. The number of nitrogens with one attached hydrogen (secondary N) is 1. The third kappa shape index (κ3) is 3.39. The molecule has 0 aliphatic carbocycles. The van der Waals surface area contributed by atoms with Gasteiger partial charge >= 0.3 is 0 Å². The molecule has 1 aliphatic rings. The fourth-order valence-corrected chi connectivity index (χ4v) is 2.81. The normalized spacial score (nSPS) is 17.5. The van der Waals surface area contributed by atoms with E-state index in [1.165, 1.54) is 5.56 Å². The Balaban J connectivity index is 1.55. The SMILES string of the molecule is O=C(CCNc1ncccn1)N1CCC[C@@H]1c1ccncc1. The zero-order valence-electron chi connectivity index (χ0n) is 12.4. The van der Waals surface area contributed by atoms with E-state index in [9.17, 15) is 4.79 Å². The van der Waals surface area contributed by atoms with Crippen LogP contribution in [0.4, 0.5) is 5.95 Å². The molecule has 1 amide bonds. The second-order valence-electron chi connectivity index (χ2n) is 5.27. The number of carbonyl (C=O) groups excluding carboxylic acids is 1. The summed E-state index contributed by atoms with van der Waals surface area (Å²) in [6, 6.07) is 5.93. The molecule has 0 saturated carbocycles. The van der Waals surface area contributed by atoms with E-state index in [0.29, 0.717) is 18.9 Å². The van der Waals surface area contributed by atoms with Crippen molar-refractivity contribution in [3.63, 3.8) is 0 Å². The first-order valence-electron chi connectivity index (χ1n) is 7.55. The van der Waals surface area contributed by atoms with Crippen LogP contribution in [-0.2, 0) is 4.79 Å². The smallest absolute Gasteiger partial charge is 0.224 e. The molecule has 0 radical (unpaired) electrons. The molecule has 1 fully saturated rings. The number of hydrogen-bond donors (Lipinski definition) is 1. The lowest BCUT2D eigenvalue weighted by Gasteiger charge is -2.25. The van der Waals surface area contributed by atoms with Crippen molar-refractivity contribution in [2.45, 2.75) is 25.3 Å². The summed E-state index contributed by atoms with van der Waals surface area (Å²) < 4.78 is 0. The van der Waals surface area contributed by atoms with Crippen LogP contribution in [0.25, 0.3) is 0 Å². The summed E-state index contributed by atoms with van der Waals surface area (Å²) >= 11 is 0. The Morgan fingerprint density at radius 2 is 2.00 bits per heavy atom. The standard InChI is InChI=1S/C16H19N5O/c22-15(6-11-20-16-18-7-2-8-19-16)21-12-1-3-14(21)13-4-9-17-10-5-13/h2,4-5,7-10,14H,1,3,6,11-12H2,(H,18,19,20)/t14-/m1/s1. The van der Waals surface area contributed by atoms with Crippen LogP contribution in [0.1, 0.15) is 30.9 Å². The van der Waals surface area contributed by atoms with Gasteiger partial charge in [0.1, 0.15) is 0 Å². The highest BCUT2D eigenvalue weighted by Gasteiger charge is 2.29. The minimum Gasteiger partial charge on any atom is -0.354 e. The fraction of sp³-hybridized carbons (Fsp3) is 0.375. The molecule has 1 atom stereocenters. The van der Waals surface area contributed by atoms with Gasteiger partial charge in [0.05, 0.1) is 6.04 Å². The number of hydrogen-bond acceptors (Lipinski definition) is 5. The number of aromatic nitrogens is 3. The molecular formula is C16H19N5O. The number of anilines is 1. The van der Waals surface area contributed by atoms with Crippen molar-refractivity contribution in [1.82, 2.24) is 19.9 Å². The van der Waals surface area contributed by atoms with Crippen molar-refractivity contribution < 1.29 is 4.79 Å². The maximum Gasteiger partial charge on any atom is 0.224 e. The van der Waals surface area contributed by atoms with E-state index >= 15 is 0 Å². The van der Waals surface area contributed by atoms with Gasteiger partial charge in [-0.1, -0.05) is 0 Å². The van der Waals surface area contributed by atoms with Gasteiger partial charge < -0.3 is 10.2 Å². The van der Waals surface area contributed by atoms with Gasteiger partial charge in [0.2, 0.25) is 11.9 Å². The lowest BCUT2D eigenvalue weighted by atomic mass is 10.1. The molecule has 0 aromatic carbocycles. The average Bonchev–Trinajstić information content (AvgIpc) is 3.06. The van der Waals surface area contributed by atoms with Crippen LogP contribution in [0.3, 0.4) is 0 Å². The lowest BCUT2D eigenvalue weighted by Crippen LogP contribution is -2.31. The summed E-state index contributed by atoms with van der Waals surface area (Å²) in [5, 5.41) is 3.07. The molecule has 3 rings (SSSR count). The Morgan fingerprint density at radius 3 is 2.77 bits per heavy atom. The van der Waals surface area contributed by atoms with E-state index in [0.717, 1.165) is 19.4 Å². The largest absolute Gasteiger partial charge is 0.354 e. The molecule has 1 saturated heterocycles. The number of nitrogens with zero attached hydrogens (tertiary/aromatic N) is 4. The second kappa shape index (κ2) is 6.98. The highest BCUT2D eigenvalue weighted by Crippen LogP contribution is 2.31. The van der Waals surface area contributed by atoms with Crippen LogP contribution >= 0.6 is 0 Å². The monoisotopic (exact) mass is 297 g/mol. The first kappa shape index (κ1) is 14.4. The average molecular weight is 297 g/mol. The molecule has 22 heavy (non-hydrogen) atoms. The van der Waals surface area contributed by atoms with Crippen LogP contribution in [0.2, 0.25) is 0 Å². The van der Waals surface area contributed by atoms with Crippen molar-refractivity contribution in [3.05, 3.63) is 48.5 Å². The number of amides is 1. The van der Waals surface area contributed by atoms with E-state index in [1.807, 2.05) is 17.0 Å². The Labute approximate surface area is 129 Å². The Bertz CT molecular complexity index is 604. The predicted octanol–water partition coefficient (Wildman–Crippen LogP) is 2.04. The number of carbonyl (C=O) groups is 1. The topological polar surface area (TPSA) is 71.0 Å². The minimum atomic E-state index is 0.169. The van der Waals surface area contributed by atoms with E-state index in [2.05, 4.69) is 20.3 Å². The zero-order valence-corrected chi connectivity index (χ0v) is 12.4. The van der Waals surface area contributed by atoms with Gasteiger partial charge in [-0.15, -0.1) is 0 Å². The molecule has 1 aliphatic heterocycles. The van der Waals surface area contributed by atoms with Gasteiger partial charge in [-0.05, 0) is 36.6 Å². The van der Waals surface area contributed by atoms with Crippen molar-refractivity contribution in [3.8, 4) is 0 Å². The van der Waals surface area contributed by atoms with Crippen molar-refractivity contribution in [1.29, 1.82) is 0 Å². The number of likely N-dealkylation sites (tertiary alicyclic amines) is 1. The molecule has 3 heterocycles. The first-order chi connectivity index (χ1) is 10.8. The van der Waals surface area contributed by atoms with Gasteiger partial charge in [0, 0.05) is 44.3 Å². The second-order valence-corrected chi connectivity index (χ2v) is 5.27. The number of pyridine rings is 1. The van der Waals surface area contributed by atoms with E-state index < -0.39 is 0 Å². The molecule has 2 aromatic heterocycles. The summed E-state index contributed by atoms with van der Waals surface area (Å²) in [7, 11) is 0. The van der Waals surface area contributed by atoms with Gasteiger partial charge in [-0.2, -0.15) is 0 Å². The third-order valence-electron chi connectivity index (χ3n) is 3.85. The third-order valence-corrected chi connectivity index (χ3v) is 3.85. The van der Waals surface area contributed by atoms with Crippen LogP contribution in [-0.4, -0.2) is 38.8 Å². The lowest BCUT2D eigenvalue weighted by molar-refractivity contribution is -0.131.